The van der Waals surface area contributed by atoms with Crippen molar-refractivity contribution >= 4 is 61.8 Å². The molecule has 1 amide bonds. The number of carbonyl (C=O) groups excluding carboxylic acids is 1. The lowest BCUT2D eigenvalue weighted by Gasteiger charge is -2.08. The average molecular weight is 381 g/mol. The molecule has 0 saturated heterocycles. The van der Waals surface area contributed by atoms with Gasteiger partial charge in [-0.05, 0) is 30.3 Å². The van der Waals surface area contributed by atoms with E-state index in [9.17, 15) is 13.2 Å². The maximum absolute atomic E-state index is 12.2. The van der Waals surface area contributed by atoms with Crippen molar-refractivity contribution in [2.24, 2.45) is 0 Å². The zero-order valence-electron chi connectivity index (χ0n) is 10.8. The Bertz CT molecular complexity index is 768. The zero-order valence-corrected chi connectivity index (χ0v) is 14.0. The summed E-state index contributed by atoms with van der Waals surface area (Å²) in [5.41, 5.74) is 0.742. The quantitative estimate of drug-likeness (QED) is 0.742. The number of hydrogen-bond acceptors (Lipinski definition) is 5. The first-order valence-electron chi connectivity index (χ1n) is 5.80. The SMILES string of the molecule is O=C(CO)Nc1ccc(NS(=O)(=O)c2cc(Cl)c(Cl)s2)cc1. The van der Waals surface area contributed by atoms with E-state index >= 15 is 0 Å². The van der Waals surface area contributed by atoms with Gasteiger partial charge >= 0.3 is 0 Å². The number of sulfonamides is 1. The zero-order chi connectivity index (χ0) is 16.3. The van der Waals surface area contributed by atoms with E-state index in [1.807, 2.05) is 0 Å². The van der Waals surface area contributed by atoms with Crippen LogP contribution in [0.15, 0.2) is 34.5 Å². The van der Waals surface area contributed by atoms with Gasteiger partial charge in [0, 0.05) is 11.4 Å². The molecule has 0 aliphatic carbocycles. The van der Waals surface area contributed by atoms with Crippen molar-refractivity contribution < 1.29 is 18.3 Å². The second kappa shape index (κ2) is 6.84. The van der Waals surface area contributed by atoms with Gasteiger partial charge in [0.2, 0.25) is 5.91 Å². The number of nitrogens with one attached hydrogen (secondary N) is 2. The van der Waals surface area contributed by atoms with Gasteiger partial charge in [0.1, 0.15) is 15.2 Å². The number of thiophene rings is 1. The first kappa shape index (κ1) is 17.0. The van der Waals surface area contributed by atoms with Crippen molar-refractivity contribution in [2.45, 2.75) is 4.21 Å². The average Bonchev–Trinajstić information content (AvgIpc) is 2.81. The Morgan fingerprint density at radius 2 is 1.77 bits per heavy atom. The molecule has 1 aromatic heterocycles. The Labute approximate surface area is 140 Å². The standard InChI is InChI=1S/C12H10Cl2N2O4S2/c13-9-5-11(21-12(9)14)22(19,20)16-8-3-1-7(2-4-8)15-10(18)6-17/h1-5,16-17H,6H2,(H,15,18). The van der Waals surface area contributed by atoms with Crippen LogP contribution in [0.1, 0.15) is 0 Å². The number of hydrogen-bond donors (Lipinski definition) is 3. The summed E-state index contributed by atoms with van der Waals surface area (Å²) in [7, 11) is -3.78. The third kappa shape index (κ3) is 4.11. The van der Waals surface area contributed by atoms with Crippen LogP contribution in [-0.4, -0.2) is 26.0 Å². The van der Waals surface area contributed by atoms with Crippen LogP contribution in [-0.2, 0) is 14.8 Å². The summed E-state index contributed by atoms with van der Waals surface area (Å²) in [5.74, 6) is -0.559. The molecule has 2 aromatic rings. The molecular formula is C12H10Cl2N2O4S2. The van der Waals surface area contributed by atoms with Gasteiger partial charge in [-0.25, -0.2) is 8.42 Å². The van der Waals surface area contributed by atoms with Crippen LogP contribution in [0.5, 0.6) is 0 Å². The number of aliphatic hydroxyl groups excluding tert-OH is 1. The summed E-state index contributed by atoms with van der Waals surface area (Å²) in [6.45, 7) is -0.631. The van der Waals surface area contributed by atoms with E-state index in [4.69, 9.17) is 28.3 Å². The largest absolute Gasteiger partial charge is 0.387 e. The van der Waals surface area contributed by atoms with Crippen LogP contribution in [0.25, 0.3) is 0 Å². The fraction of sp³-hybridized carbons (Fsp3) is 0.0833. The van der Waals surface area contributed by atoms with Crippen LogP contribution < -0.4 is 10.0 Å². The van der Waals surface area contributed by atoms with Gasteiger partial charge in [-0.3, -0.25) is 9.52 Å². The summed E-state index contributed by atoms with van der Waals surface area (Å²) in [6, 6.07) is 7.22. The molecule has 1 heterocycles. The Hall–Kier alpha value is -1.32. The number of rotatable bonds is 5. The van der Waals surface area contributed by atoms with Crippen LogP contribution in [0.3, 0.4) is 0 Å². The molecule has 118 valence electrons. The molecule has 0 aliphatic heterocycles. The number of benzene rings is 1. The highest BCUT2D eigenvalue weighted by molar-refractivity contribution is 7.94. The predicted octanol–water partition coefficient (Wildman–Crippen LogP) is 2.79. The Morgan fingerprint density at radius 3 is 2.27 bits per heavy atom. The minimum Gasteiger partial charge on any atom is -0.387 e. The minimum atomic E-state index is -3.78. The molecule has 0 radical (unpaired) electrons. The topological polar surface area (TPSA) is 95.5 Å². The molecule has 0 unspecified atom stereocenters. The van der Waals surface area contributed by atoms with E-state index < -0.39 is 22.5 Å². The molecule has 0 saturated carbocycles. The Balaban J connectivity index is 2.14. The van der Waals surface area contributed by atoms with Crippen LogP contribution in [0, 0.1) is 0 Å². The van der Waals surface area contributed by atoms with Crippen molar-refractivity contribution in [1.29, 1.82) is 0 Å². The number of halogens is 2. The van der Waals surface area contributed by atoms with Crippen molar-refractivity contribution in [3.05, 3.63) is 39.7 Å². The van der Waals surface area contributed by atoms with Crippen LogP contribution in [0.2, 0.25) is 9.36 Å². The van der Waals surface area contributed by atoms with Crippen molar-refractivity contribution in [1.82, 2.24) is 0 Å². The van der Waals surface area contributed by atoms with Gasteiger partial charge < -0.3 is 10.4 Å². The first-order valence-corrected chi connectivity index (χ1v) is 8.86. The maximum Gasteiger partial charge on any atom is 0.271 e. The molecule has 3 N–H and O–H groups in total. The Kier molecular flexibility index (Phi) is 5.30. The maximum atomic E-state index is 12.2. The molecule has 0 spiro atoms. The lowest BCUT2D eigenvalue weighted by Crippen LogP contribution is -2.15. The highest BCUT2D eigenvalue weighted by atomic mass is 35.5. The first-order chi connectivity index (χ1) is 10.3. The molecule has 0 aliphatic rings. The summed E-state index contributed by atoms with van der Waals surface area (Å²) >= 11 is 12.4. The molecule has 0 atom stereocenters. The second-order valence-corrected chi connectivity index (χ2v) is 8.05. The molecule has 0 fully saturated rings. The molecule has 22 heavy (non-hydrogen) atoms. The van der Waals surface area contributed by atoms with Gasteiger partial charge in [-0.15, -0.1) is 11.3 Å². The lowest BCUT2D eigenvalue weighted by atomic mass is 10.3. The van der Waals surface area contributed by atoms with Crippen LogP contribution >= 0.6 is 34.5 Å². The fourth-order valence-corrected chi connectivity index (χ4v) is 4.43. The summed E-state index contributed by atoms with van der Waals surface area (Å²) in [4.78, 5) is 11.0. The van der Waals surface area contributed by atoms with E-state index in [1.165, 1.54) is 30.3 Å². The van der Waals surface area contributed by atoms with Gasteiger partial charge in [-0.2, -0.15) is 0 Å². The van der Waals surface area contributed by atoms with E-state index in [2.05, 4.69) is 10.0 Å². The molecule has 0 bridgehead atoms. The third-order valence-electron chi connectivity index (χ3n) is 2.45. The second-order valence-electron chi connectivity index (χ2n) is 4.08. The lowest BCUT2D eigenvalue weighted by molar-refractivity contribution is -0.118. The predicted molar refractivity (Wildman–Crippen MR) is 87.3 cm³/mol. The van der Waals surface area contributed by atoms with Crippen molar-refractivity contribution in [3.63, 3.8) is 0 Å². The number of aliphatic hydroxyl groups is 1. The van der Waals surface area contributed by atoms with E-state index in [0.717, 1.165) is 11.3 Å². The highest BCUT2D eigenvalue weighted by Crippen LogP contribution is 2.35. The summed E-state index contributed by atoms with van der Waals surface area (Å²) in [6.07, 6.45) is 0. The summed E-state index contributed by atoms with van der Waals surface area (Å²) in [5, 5.41) is 11.2. The normalized spacial score (nSPS) is 11.2. The fourth-order valence-electron chi connectivity index (χ4n) is 1.49. The molecule has 1 aromatic carbocycles. The molecule has 2 rings (SSSR count). The van der Waals surface area contributed by atoms with Gasteiger partial charge in [0.25, 0.3) is 10.0 Å². The van der Waals surface area contributed by atoms with E-state index in [0.29, 0.717) is 11.4 Å². The molecular weight excluding hydrogens is 371 g/mol. The van der Waals surface area contributed by atoms with E-state index in [-0.39, 0.29) is 13.6 Å². The third-order valence-corrected chi connectivity index (χ3v) is 6.17. The van der Waals surface area contributed by atoms with Gasteiger partial charge in [-0.1, -0.05) is 23.2 Å². The van der Waals surface area contributed by atoms with Crippen LogP contribution in [0.4, 0.5) is 11.4 Å². The molecule has 10 heteroatoms. The smallest absolute Gasteiger partial charge is 0.271 e. The number of carbonyl (C=O) groups is 1. The van der Waals surface area contributed by atoms with Gasteiger partial charge in [0.05, 0.1) is 5.02 Å². The Morgan fingerprint density at radius 1 is 1.18 bits per heavy atom. The minimum absolute atomic E-state index is 0.000148. The van der Waals surface area contributed by atoms with Crippen molar-refractivity contribution in [2.75, 3.05) is 16.6 Å². The number of anilines is 2. The number of amides is 1. The summed E-state index contributed by atoms with van der Waals surface area (Å²) < 4.78 is 26.9. The van der Waals surface area contributed by atoms with Crippen molar-refractivity contribution in [3.8, 4) is 0 Å². The van der Waals surface area contributed by atoms with E-state index in [1.54, 1.807) is 0 Å². The monoisotopic (exact) mass is 380 g/mol. The highest BCUT2D eigenvalue weighted by Gasteiger charge is 2.19. The van der Waals surface area contributed by atoms with Gasteiger partial charge in [0.15, 0.2) is 0 Å². The molecule has 6 nitrogen and oxygen atoms in total.